The van der Waals surface area contributed by atoms with Crippen LogP contribution in [0.2, 0.25) is 0 Å². The average Bonchev–Trinajstić information content (AvgIpc) is 3.31. The average molecular weight is 373 g/mol. The Balaban J connectivity index is 1.48. The number of aromatic nitrogens is 5. The molecule has 1 amide bonds. The summed E-state index contributed by atoms with van der Waals surface area (Å²) in [6.07, 6.45) is 4.40. The van der Waals surface area contributed by atoms with Gasteiger partial charge in [0.15, 0.2) is 11.3 Å². The summed E-state index contributed by atoms with van der Waals surface area (Å²) in [5.74, 6) is 0.568. The first kappa shape index (κ1) is 16.5. The number of fused-ring (bicyclic) bond motifs is 2. The zero-order chi connectivity index (χ0) is 18.9. The summed E-state index contributed by atoms with van der Waals surface area (Å²) in [6, 6.07) is 13.7. The third-order valence-electron chi connectivity index (χ3n) is 4.82. The number of carbonyl (C=O) groups excluding carboxylic acids is 1. The molecule has 8 nitrogen and oxygen atoms in total. The van der Waals surface area contributed by atoms with Crippen molar-refractivity contribution in [2.24, 2.45) is 0 Å². The lowest BCUT2D eigenvalue weighted by molar-refractivity contribution is 0.102. The molecule has 3 aromatic heterocycles. The van der Waals surface area contributed by atoms with Gasteiger partial charge in [-0.1, -0.05) is 30.3 Å². The lowest BCUT2D eigenvalue weighted by atomic mass is 10.2. The van der Waals surface area contributed by atoms with Crippen LogP contribution in [0.15, 0.2) is 54.9 Å². The van der Waals surface area contributed by atoms with E-state index in [1.165, 1.54) is 0 Å². The van der Waals surface area contributed by atoms with Crippen LogP contribution in [0.1, 0.15) is 22.5 Å². The minimum Gasteiger partial charge on any atom is -0.368 e. The van der Waals surface area contributed by atoms with Crippen molar-refractivity contribution in [3.05, 3.63) is 66.1 Å². The van der Waals surface area contributed by atoms with Crippen LogP contribution >= 0.6 is 0 Å². The number of rotatable bonds is 4. The number of nitrogens with one attached hydrogen (secondary N) is 2. The van der Waals surface area contributed by atoms with Gasteiger partial charge in [-0.2, -0.15) is 10.2 Å². The lowest BCUT2D eigenvalue weighted by Gasteiger charge is -2.16. The van der Waals surface area contributed by atoms with E-state index in [4.69, 9.17) is 0 Å². The Kier molecular flexibility index (Phi) is 4.01. The number of amides is 1. The Hall–Kier alpha value is -3.68. The number of aryl methyl sites for hydroxylation is 1. The van der Waals surface area contributed by atoms with E-state index in [-0.39, 0.29) is 5.91 Å². The van der Waals surface area contributed by atoms with Gasteiger partial charge in [0, 0.05) is 19.3 Å². The molecule has 0 saturated carbocycles. The molecule has 0 saturated heterocycles. The van der Waals surface area contributed by atoms with Gasteiger partial charge in [0.25, 0.3) is 5.91 Å². The Bertz CT molecular complexity index is 1150. The van der Waals surface area contributed by atoms with E-state index in [1.54, 1.807) is 17.1 Å². The molecule has 0 aliphatic carbocycles. The number of benzene rings is 1. The highest BCUT2D eigenvalue weighted by molar-refractivity contribution is 6.11. The number of carbonyl (C=O) groups is 1. The third-order valence-corrected chi connectivity index (χ3v) is 4.82. The molecule has 0 unspecified atom stereocenters. The fraction of sp³-hybridized carbons (Fsp3) is 0.200. The van der Waals surface area contributed by atoms with Gasteiger partial charge in [-0.05, 0) is 24.1 Å². The number of hydrogen-bond donors (Lipinski definition) is 2. The van der Waals surface area contributed by atoms with E-state index in [0.29, 0.717) is 23.6 Å². The molecule has 4 heterocycles. The van der Waals surface area contributed by atoms with Gasteiger partial charge >= 0.3 is 0 Å². The molecular weight excluding hydrogens is 354 g/mol. The normalized spacial score (nSPS) is 13.1. The molecule has 1 aromatic carbocycles. The van der Waals surface area contributed by atoms with Crippen molar-refractivity contribution in [3.8, 4) is 0 Å². The molecule has 2 N–H and O–H groups in total. The third kappa shape index (κ3) is 2.88. The SMILES string of the molecule is O=C(Nc1cnn2c1NCCC2)c1nn(Cc2ccccc2)c2ncccc12. The van der Waals surface area contributed by atoms with Crippen LogP contribution in [0.5, 0.6) is 0 Å². The first-order chi connectivity index (χ1) is 13.8. The molecule has 0 spiro atoms. The molecular formula is C20H19N7O. The van der Waals surface area contributed by atoms with E-state index < -0.39 is 0 Å². The largest absolute Gasteiger partial charge is 0.368 e. The highest BCUT2D eigenvalue weighted by Gasteiger charge is 2.21. The van der Waals surface area contributed by atoms with E-state index >= 15 is 0 Å². The number of hydrogen-bond acceptors (Lipinski definition) is 5. The molecule has 0 bridgehead atoms. The summed E-state index contributed by atoms with van der Waals surface area (Å²) in [7, 11) is 0. The van der Waals surface area contributed by atoms with Gasteiger partial charge in [0.1, 0.15) is 11.5 Å². The van der Waals surface area contributed by atoms with Crippen molar-refractivity contribution in [2.75, 3.05) is 17.2 Å². The van der Waals surface area contributed by atoms with Crippen molar-refractivity contribution < 1.29 is 4.79 Å². The lowest BCUT2D eigenvalue weighted by Crippen LogP contribution is -2.20. The summed E-state index contributed by atoms with van der Waals surface area (Å²) in [5, 5.41) is 15.9. The van der Waals surface area contributed by atoms with E-state index in [1.807, 2.05) is 47.1 Å². The number of nitrogens with zero attached hydrogens (tertiary/aromatic N) is 5. The van der Waals surface area contributed by atoms with Crippen molar-refractivity contribution in [3.63, 3.8) is 0 Å². The van der Waals surface area contributed by atoms with Crippen molar-refractivity contribution >= 4 is 28.4 Å². The first-order valence-corrected chi connectivity index (χ1v) is 9.26. The Morgan fingerprint density at radius 1 is 1.18 bits per heavy atom. The quantitative estimate of drug-likeness (QED) is 0.574. The molecule has 0 atom stereocenters. The fourth-order valence-corrected chi connectivity index (χ4v) is 3.49. The molecule has 140 valence electrons. The molecule has 28 heavy (non-hydrogen) atoms. The molecule has 4 aromatic rings. The molecule has 0 radical (unpaired) electrons. The smallest absolute Gasteiger partial charge is 0.277 e. The monoisotopic (exact) mass is 373 g/mol. The topological polar surface area (TPSA) is 89.7 Å². The highest BCUT2D eigenvalue weighted by Crippen LogP contribution is 2.26. The highest BCUT2D eigenvalue weighted by atomic mass is 16.2. The molecule has 0 fully saturated rings. The van der Waals surface area contributed by atoms with Gasteiger partial charge in [0.2, 0.25) is 0 Å². The van der Waals surface area contributed by atoms with Crippen LogP contribution in [0.4, 0.5) is 11.5 Å². The van der Waals surface area contributed by atoms with Gasteiger partial charge in [-0.15, -0.1) is 0 Å². The van der Waals surface area contributed by atoms with Gasteiger partial charge in [-0.3, -0.25) is 4.79 Å². The van der Waals surface area contributed by atoms with Crippen LogP contribution in [-0.4, -0.2) is 37.0 Å². The minimum atomic E-state index is -0.270. The van der Waals surface area contributed by atoms with Crippen LogP contribution in [0, 0.1) is 0 Å². The fourth-order valence-electron chi connectivity index (χ4n) is 3.49. The summed E-state index contributed by atoms with van der Waals surface area (Å²) in [6.45, 7) is 2.26. The van der Waals surface area contributed by atoms with E-state index in [2.05, 4.69) is 25.8 Å². The maximum absolute atomic E-state index is 13.0. The van der Waals surface area contributed by atoms with Crippen LogP contribution in [0.25, 0.3) is 11.0 Å². The maximum Gasteiger partial charge on any atom is 0.277 e. The molecule has 5 rings (SSSR count). The van der Waals surface area contributed by atoms with Crippen LogP contribution < -0.4 is 10.6 Å². The first-order valence-electron chi connectivity index (χ1n) is 9.26. The molecule has 1 aliphatic rings. The van der Waals surface area contributed by atoms with Gasteiger partial charge in [-0.25, -0.2) is 14.3 Å². The van der Waals surface area contributed by atoms with E-state index in [0.717, 1.165) is 36.3 Å². The molecule has 8 heteroatoms. The zero-order valence-corrected chi connectivity index (χ0v) is 15.2. The summed E-state index contributed by atoms with van der Waals surface area (Å²) >= 11 is 0. The summed E-state index contributed by atoms with van der Waals surface area (Å²) < 4.78 is 3.64. The predicted octanol–water partition coefficient (Wildman–Crippen LogP) is 2.74. The molecule has 1 aliphatic heterocycles. The Morgan fingerprint density at radius 2 is 2.07 bits per heavy atom. The second-order valence-electron chi connectivity index (χ2n) is 6.73. The zero-order valence-electron chi connectivity index (χ0n) is 15.2. The van der Waals surface area contributed by atoms with Gasteiger partial charge in [0.05, 0.1) is 18.1 Å². The summed E-state index contributed by atoms with van der Waals surface area (Å²) in [4.78, 5) is 17.4. The minimum absolute atomic E-state index is 0.270. The number of pyridine rings is 1. The van der Waals surface area contributed by atoms with E-state index in [9.17, 15) is 4.79 Å². The van der Waals surface area contributed by atoms with Gasteiger partial charge < -0.3 is 10.6 Å². The second kappa shape index (κ2) is 6.80. The Labute approximate surface area is 161 Å². The second-order valence-corrected chi connectivity index (χ2v) is 6.73. The van der Waals surface area contributed by atoms with Crippen LogP contribution in [-0.2, 0) is 13.1 Å². The standard InChI is InChI=1S/C20H19N7O/c28-20(24-16-12-23-26-11-5-10-22-19(16)26)17-15-8-4-9-21-18(15)27(25-17)13-14-6-2-1-3-7-14/h1-4,6-9,12,22H,5,10-11,13H2,(H,24,28). The van der Waals surface area contributed by atoms with Crippen molar-refractivity contribution in [2.45, 2.75) is 19.5 Å². The number of anilines is 2. The summed E-state index contributed by atoms with van der Waals surface area (Å²) in [5.41, 5.74) is 2.81. The predicted molar refractivity (Wildman–Crippen MR) is 106 cm³/mol. The maximum atomic E-state index is 13.0. The van der Waals surface area contributed by atoms with Crippen molar-refractivity contribution in [1.82, 2.24) is 24.5 Å². The van der Waals surface area contributed by atoms with Crippen molar-refractivity contribution in [1.29, 1.82) is 0 Å². The Morgan fingerprint density at radius 3 is 2.96 bits per heavy atom. The van der Waals surface area contributed by atoms with Crippen LogP contribution in [0.3, 0.4) is 0 Å².